The summed E-state index contributed by atoms with van der Waals surface area (Å²) in [5, 5.41) is 23.2. The maximum atomic E-state index is 15.2. The highest BCUT2D eigenvalue weighted by molar-refractivity contribution is 6.06. The lowest BCUT2D eigenvalue weighted by molar-refractivity contribution is -0.134. The van der Waals surface area contributed by atoms with E-state index < -0.39 is 47.6 Å². The summed E-state index contributed by atoms with van der Waals surface area (Å²) in [6.07, 6.45) is -0.236. The van der Waals surface area contributed by atoms with E-state index in [1.165, 1.54) is 21.7 Å². The quantitative estimate of drug-likeness (QED) is 0.0824. The number of hydrogen-bond donors (Lipinski definition) is 4. The first-order valence-corrected chi connectivity index (χ1v) is 19.4. The number of aromatic nitrogens is 6. The van der Waals surface area contributed by atoms with Crippen molar-refractivity contribution in [2.24, 2.45) is 11.8 Å². The Kier molecular flexibility index (Phi) is 11.9. The molecular weight excluding hydrogens is 765 g/mol. The largest absolute Gasteiger partial charge is 0.361 e. The zero-order valence-corrected chi connectivity index (χ0v) is 32.8. The Labute approximate surface area is 338 Å². The van der Waals surface area contributed by atoms with Gasteiger partial charge >= 0.3 is 0 Å². The topological polar surface area (TPSA) is 186 Å². The van der Waals surface area contributed by atoms with E-state index in [0.29, 0.717) is 64.3 Å². The Morgan fingerprint density at radius 3 is 1.63 bits per heavy atom. The summed E-state index contributed by atoms with van der Waals surface area (Å²) in [6, 6.07) is 24.4. The molecule has 8 atom stereocenters. The Balaban J connectivity index is 0.000000179. The molecular formula is C42H45F2N9O6. The van der Waals surface area contributed by atoms with Crippen molar-refractivity contribution in [2.75, 3.05) is 17.2 Å². The van der Waals surface area contributed by atoms with Gasteiger partial charge < -0.3 is 30.1 Å². The van der Waals surface area contributed by atoms with Crippen LogP contribution in [-0.4, -0.2) is 82.6 Å². The molecule has 4 aromatic heterocycles. The van der Waals surface area contributed by atoms with E-state index in [4.69, 9.17) is 9.47 Å². The molecule has 8 rings (SSSR count). The third kappa shape index (κ3) is 7.57. The van der Waals surface area contributed by atoms with Crippen LogP contribution in [0.5, 0.6) is 0 Å². The zero-order valence-electron chi connectivity index (χ0n) is 32.8. The second-order valence-corrected chi connectivity index (χ2v) is 14.7. The third-order valence-corrected chi connectivity index (χ3v) is 11.7. The van der Waals surface area contributed by atoms with Crippen molar-refractivity contribution in [3.63, 3.8) is 0 Å². The average Bonchev–Trinajstić information content (AvgIpc) is 4.02. The molecule has 17 heteroatoms. The number of amides is 2. The number of ether oxygens (including phenoxy) is 2. The number of carbonyl (C=O) groups excluding carboxylic acids is 3. The number of hydrogen-bond acceptors (Lipinski definition) is 11. The van der Waals surface area contributed by atoms with Crippen molar-refractivity contribution in [3.8, 4) is 0 Å². The number of rotatable bonds is 11. The van der Waals surface area contributed by atoms with Gasteiger partial charge in [-0.25, -0.2) is 33.3 Å². The SMILES string of the molecule is CC[C@@]1(C=O)O[C@@H](c2ccc3c(NC(=O)c4ccccc4)ncnn23)[C@H](F)[C@@H]1C.CC[C@@]1(CNO)O[C@@H](c2ccc3c(NC(=O)c4ccccc4)ncnn23)[C@H](F)[C@@H]1C. The monoisotopic (exact) mass is 809 g/mol. The summed E-state index contributed by atoms with van der Waals surface area (Å²) in [6.45, 7) is 7.28. The van der Waals surface area contributed by atoms with Gasteiger partial charge in [-0.05, 0) is 61.4 Å². The van der Waals surface area contributed by atoms with Crippen LogP contribution < -0.4 is 16.1 Å². The minimum Gasteiger partial charge on any atom is -0.361 e. The molecule has 0 spiro atoms. The van der Waals surface area contributed by atoms with Gasteiger partial charge in [0.1, 0.15) is 53.8 Å². The van der Waals surface area contributed by atoms with Crippen molar-refractivity contribution < 1.29 is 37.8 Å². The first kappa shape index (κ1) is 41.2. The van der Waals surface area contributed by atoms with E-state index in [0.717, 1.165) is 0 Å². The Bertz CT molecular complexity index is 2440. The van der Waals surface area contributed by atoms with Gasteiger partial charge in [0, 0.05) is 23.0 Å². The van der Waals surface area contributed by atoms with Gasteiger partial charge in [0.05, 0.1) is 23.5 Å². The molecule has 0 saturated carbocycles. The average molecular weight is 810 g/mol. The number of nitrogens with one attached hydrogen (secondary N) is 3. The minimum atomic E-state index is -1.37. The molecule has 6 heterocycles. The fraction of sp³-hybridized carbons (Fsp3) is 0.357. The summed E-state index contributed by atoms with van der Waals surface area (Å²) in [7, 11) is 0. The minimum absolute atomic E-state index is 0.123. The van der Waals surface area contributed by atoms with E-state index in [1.54, 1.807) is 93.6 Å². The first-order chi connectivity index (χ1) is 28.5. The van der Waals surface area contributed by atoms with Crippen molar-refractivity contribution in [3.05, 3.63) is 120 Å². The molecule has 2 amide bonds. The van der Waals surface area contributed by atoms with Crippen LogP contribution in [0, 0.1) is 11.8 Å². The van der Waals surface area contributed by atoms with E-state index in [9.17, 15) is 19.6 Å². The van der Waals surface area contributed by atoms with Crippen LogP contribution in [0.25, 0.3) is 11.0 Å². The van der Waals surface area contributed by atoms with Gasteiger partial charge in [-0.3, -0.25) is 9.59 Å². The van der Waals surface area contributed by atoms with Crippen LogP contribution in [0.3, 0.4) is 0 Å². The number of anilines is 2. The zero-order chi connectivity index (χ0) is 41.9. The fourth-order valence-electron chi connectivity index (χ4n) is 7.93. The van der Waals surface area contributed by atoms with Crippen molar-refractivity contribution in [1.29, 1.82) is 0 Å². The standard InChI is InChI=1S/C21H24FN5O3.C21H21FN4O3/c1-3-21(11-25-29)13(2)17(22)18(30-21)15-9-10-16-19(23-12-24-27(15)16)26-20(28)14-7-5-4-6-8-14;1-3-21(11-27)13(2)17(22)18(29-21)15-9-10-16-19(23-12-24-26(15)16)25-20(28)14-7-5-4-6-8-14/h4-10,12-13,17-18,25,29H,3,11H2,1-2H3,(H,23,24,26,28);4-13,17-18H,3H2,1-2H3,(H,23,24,25,28)/t2*13-,17+,18-,21-/m00/s1. The number of fused-ring (bicyclic) bond motifs is 2. The molecule has 59 heavy (non-hydrogen) atoms. The maximum absolute atomic E-state index is 15.2. The fourth-order valence-corrected chi connectivity index (χ4v) is 7.93. The molecule has 0 aliphatic carbocycles. The second-order valence-electron chi connectivity index (χ2n) is 14.7. The number of aldehydes is 1. The summed E-state index contributed by atoms with van der Waals surface area (Å²) in [4.78, 5) is 45.0. The van der Waals surface area contributed by atoms with E-state index in [1.807, 2.05) is 19.1 Å². The molecule has 2 fully saturated rings. The van der Waals surface area contributed by atoms with E-state index in [-0.39, 0.29) is 18.4 Å². The Morgan fingerprint density at radius 1 is 0.729 bits per heavy atom. The molecule has 308 valence electrons. The smallest absolute Gasteiger partial charge is 0.256 e. The van der Waals surface area contributed by atoms with Gasteiger partial charge in [0.2, 0.25) is 0 Å². The molecule has 0 radical (unpaired) electrons. The van der Waals surface area contributed by atoms with Gasteiger partial charge in [0.15, 0.2) is 17.9 Å². The van der Waals surface area contributed by atoms with Crippen LogP contribution in [0.15, 0.2) is 97.6 Å². The molecule has 6 aromatic rings. The van der Waals surface area contributed by atoms with E-state index >= 15 is 8.78 Å². The summed E-state index contributed by atoms with van der Waals surface area (Å²) >= 11 is 0. The lowest BCUT2D eigenvalue weighted by Gasteiger charge is -2.31. The number of alkyl halides is 2. The van der Waals surface area contributed by atoms with Gasteiger partial charge in [-0.2, -0.15) is 10.2 Å². The highest BCUT2D eigenvalue weighted by atomic mass is 19.1. The highest BCUT2D eigenvalue weighted by Crippen LogP contribution is 2.48. The van der Waals surface area contributed by atoms with Crippen LogP contribution in [-0.2, 0) is 14.3 Å². The lowest BCUT2D eigenvalue weighted by atomic mass is 9.84. The number of nitrogens with zero attached hydrogens (tertiary/aromatic N) is 6. The molecule has 2 aliphatic heterocycles. The highest BCUT2D eigenvalue weighted by Gasteiger charge is 2.54. The summed E-state index contributed by atoms with van der Waals surface area (Å²) in [5.41, 5.74) is 3.17. The van der Waals surface area contributed by atoms with Crippen LogP contribution in [0.4, 0.5) is 20.4 Å². The molecule has 15 nitrogen and oxygen atoms in total. The van der Waals surface area contributed by atoms with Crippen molar-refractivity contribution in [2.45, 2.75) is 76.3 Å². The molecule has 0 unspecified atom stereocenters. The van der Waals surface area contributed by atoms with Crippen LogP contribution in [0.1, 0.15) is 84.8 Å². The molecule has 4 N–H and O–H groups in total. The van der Waals surface area contributed by atoms with Crippen molar-refractivity contribution in [1.82, 2.24) is 34.7 Å². The van der Waals surface area contributed by atoms with Gasteiger partial charge in [-0.1, -0.05) is 64.1 Å². The Hall–Kier alpha value is -6.01. The maximum Gasteiger partial charge on any atom is 0.256 e. The number of hydroxylamine groups is 1. The van der Waals surface area contributed by atoms with Gasteiger partial charge in [0.25, 0.3) is 11.8 Å². The predicted molar refractivity (Wildman–Crippen MR) is 212 cm³/mol. The molecule has 2 saturated heterocycles. The predicted octanol–water partition coefficient (Wildman–Crippen LogP) is 6.53. The lowest BCUT2D eigenvalue weighted by Crippen LogP contribution is -2.44. The van der Waals surface area contributed by atoms with Gasteiger partial charge in [-0.15, -0.1) is 0 Å². The molecule has 2 aliphatic rings. The Morgan fingerprint density at radius 2 is 1.20 bits per heavy atom. The number of benzene rings is 2. The molecule has 2 aromatic carbocycles. The van der Waals surface area contributed by atoms with Crippen molar-refractivity contribution >= 4 is 40.8 Å². The summed E-state index contributed by atoms with van der Waals surface area (Å²) in [5.74, 6) is -0.999. The second kappa shape index (κ2) is 17.1. The number of carbonyl (C=O) groups is 3. The van der Waals surface area contributed by atoms with Crippen LogP contribution in [0.2, 0.25) is 0 Å². The molecule has 0 bridgehead atoms. The first-order valence-electron chi connectivity index (χ1n) is 19.4. The normalized spacial score (nSPS) is 26.4. The summed E-state index contributed by atoms with van der Waals surface area (Å²) < 4.78 is 45.4. The number of halogens is 2. The third-order valence-electron chi connectivity index (χ3n) is 11.7. The van der Waals surface area contributed by atoms with E-state index in [2.05, 4.69) is 36.3 Å². The van der Waals surface area contributed by atoms with Crippen LogP contribution >= 0.6 is 0 Å².